The van der Waals surface area contributed by atoms with E-state index in [2.05, 4.69) is 21.0 Å². The van der Waals surface area contributed by atoms with E-state index in [-0.39, 0.29) is 11.4 Å². The smallest absolute Gasteiger partial charge is 0.410 e. The number of carbonyl (C=O) groups excluding carboxylic acids is 1. The second-order valence-corrected chi connectivity index (χ2v) is 10.6. The molecule has 3 heterocycles. The summed E-state index contributed by atoms with van der Waals surface area (Å²) in [6, 6.07) is 6.02. The lowest BCUT2D eigenvalue weighted by atomic mass is 9.94. The average Bonchev–Trinajstić information content (AvgIpc) is 3.07. The summed E-state index contributed by atoms with van der Waals surface area (Å²) in [7, 11) is 1.92. The van der Waals surface area contributed by atoms with E-state index in [0.717, 1.165) is 66.3 Å². The van der Waals surface area contributed by atoms with Crippen molar-refractivity contribution in [1.82, 2.24) is 24.4 Å². The molecule has 9 heteroatoms. The third-order valence-corrected chi connectivity index (χ3v) is 6.58. The van der Waals surface area contributed by atoms with Crippen molar-refractivity contribution >= 4 is 28.9 Å². The number of aromatic nitrogens is 4. The SMILES string of the molecule is Cc1cc(-c2nc(Cl)nc3c2nc(C)n3C)ccc1OCCC1CCN(C(=O)OC(C)(C)C)CC1. The maximum Gasteiger partial charge on any atom is 0.410 e. The summed E-state index contributed by atoms with van der Waals surface area (Å²) in [6.45, 7) is 11.8. The number of fused-ring (bicyclic) bond motifs is 1. The fourth-order valence-electron chi connectivity index (χ4n) is 4.37. The normalized spacial score (nSPS) is 15.0. The number of benzene rings is 1. The van der Waals surface area contributed by atoms with Crippen molar-refractivity contribution < 1.29 is 14.3 Å². The van der Waals surface area contributed by atoms with Gasteiger partial charge >= 0.3 is 6.09 Å². The summed E-state index contributed by atoms with van der Waals surface area (Å²) >= 11 is 6.21. The maximum atomic E-state index is 12.3. The monoisotopic (exact) mass is 499 g/mol. The predicted octanol–water partition coefficient (Wildman–Crippen LogP) is 5.72. The number of halogens is 1. The van der Waals surface area contributed by atoms with Crippen LogP contribution in [-0.4, -0.2) is 55.8 Å². The van der Waals surface area contributed by atoms with Crippen molar-refractivity contribution in [1.29, 1.82) is 0 Å². The number of hydrogen-bond donors (Lipinski definition) is 0. The Morgan fingerprint density at radius 2 is 1.86 bits per heavy atom. The maximum absolute atomic E-state index is 12.3. The second-order valence-electron chi connectivity index (χ2n) is 10.3. The van der Waals surface area contributed by atoms with Crippen molar-refractivity contribution in [3.05, 3.63) is 34.9 Å². The van der Waals surface area contributed by atoms with Crippen LogP contribution in [0.2, 0.25) is 5.28 Å². The van der Waals surface area contributed by atoms with Gasteiger partial charge < -0.3 is 18.9 Å². The van der Waals surface area contributed by atoms with Crippen LogP contribution in [0, 0.1) is 19.8 Å². The predicted molar refractivity (Wildman–Crippen MR) is 137 cm³/mol. The molecule has 3 aromatic rings. The van der Waals surface area contributed by atoms with Crippen LogP contribution in [0.25, 0.3) is 22.4 Å². The summed E-state index contributed by atoms with van der Waals surface area (Å²) < 4.78 is 13.5. The number of ether oxygens (including phenoxy) is 2. The molecule has 8 nitrogen and oxygen atoms in total. The van der Waals surface area contributed by atoms with Crippen LogP contribution in [0.1, 0.15) is 51.4 Å². The Morgan fingerprint density at radius 3 is 2.51 bits per heavy atom. The summed E-state index contributed by atoms with van der Waals surface area (Å²) in [6.07, 6.45) is 2.67. The Kier molecular flexibility index (Phi) is 7.22. The third kappa shape index (κ3) is 5.86. The van der Waals surface area contributed by atoms with Crippen molar-refractivity contribution in [2.75, 3.05) is 19.7 Å². The number of hydrogen-bond acceptors (Lipinski definition) is 6. The molecule has 35 heavy (non-hydrogen) atoms. The first-order valence-corrected chi connectivity index (χ1v) is 12.5. The van der Waals surface area contributed by atoms with E-state index in [9.17, 15) is 4.79 Å². The van der Waals surface area contributed by atoms with Gasteiger partial charge in [-0.25, -0.2) is 14.8 Å². The highest BCUT2D eigenvalue weighted by atomic mass is 35.5. The van der Waals surface area contributed by atoms with Crippen LogP contribution in [0.3, 0.4) is 0 Å². The number of amides is 1. The van der Waals surface area contributed by atoms with Gasteiger partial charge in [0.2, 0.25) is 5.28 Å². The molecule has 188 valence electrons. The van der Waals surface area contributed by atoms with E-state index in [4.69, 9.17) is 21.1 Å². The van der Waals surface area contributed by atoms with Gasteiger partial charge in [-0.05, 0) is 95.2 Å². The van der Waals surface area contributed by atoms with Gasteiger partial charge in [0.25, 0.3) is 0 Å². The lowest BCUT2D eigenvalue weighted by Gasteiger charge is -2.33. The van der Waals surface area contributed by atoms with Gasteiger partial charge in [0.15, 0.2) is 5.65 Å². The van der Waals surface area contributed by atoms with Crippen molar-refractivity contribution in [3.63, 3.8) is 0 Å². The zero-order chi connectivity index (χ0) is 25.3. The van der Waals surface area contributed by atoms with E-state index in [0.29, 0.717) is 18.2 Å². The minimum atomic E-state index is -0.461. The van der Waals surface area contributed by atoms with E-state index in [1.807, 2.05) is 63.3 Å². The minimum Gasteiger partial charge on any atom is -0.493 e. The Labute approximate surface area is 211 Å². The zero-order valence-electron chi connectivity index (χ0n) is 21.4. The number of nitrogens with zero attached hydrogens (tertiary/aromatic N) is 5. The first-order chi connectivity index (χ1) is 16.5. The Hall–Kier alpha value is -2.87. The molecular weight excluding hydrogens is 466 g/mol. The fourth-order valence-corrected chi connectivity index (χ4v) is 4.53. The van der Waals surface area contributed by atoms with Crippen molar-refractivity contribution in [2.45, 2.75) is 59.5 Å². The molecule has 0 bridgehead atoms. The van der Waals surface area contributed by atoms with Gasteiger partial charge in [0.05, 0.1) is 6.61 Å². The van der Waals surface area contributed by atoms with Crippen molar-refractivity contribution in [2.24, 2.45) is 13.0 Å². The molecule has 0 unspecified atom stereocenters. The van der Waals surface area contributed by atoms with Crippen molar-refractivity contribution in [3.8, 4) is 17.0 Å². The van der Waals surface area contributed by atoms with Crippen LogP contribution < -0.4 is 4.74 Å². The quantitative estimate of drug-likeness (QED) is 0.418. The van der Waals surface area contributed by atoms with Crippen LogP contribution in [-0.2, 0) is 11.8 Å². The average molecular weight is 500 g/mol. The number of rotatable bonds is 5. The molecule has 1 aliphatic rings. The number of aryl methyl sites for hydroxylation is 3. The van der Waals surface area contributed by atoms with Gasteiger partial charge in [-0.1, -0.05) is 0 Å². The highest BCUT2D eigenvalue weighted by molar-refractivity contribution is 6.28. The molecular formula is C26H34ClN5O3. The zero-order valence-corrected chi connectivity index (χ0v) is 22.1. The molecule has 1 saturated heterocycles. The number of carbonyl (C=O) groups is 1. The third-order valence-electron chi connectivity index (χ3n) is 6.41. The molecule has 1 fully saturated rings. The van der Waals surface area contributed by atoms with Crippen LogP contribution in [0.15, 0.2) is 18.2 Å². The summed E-state index contributed by atoms with van der Waals surface area (Å²) in [5.41, 5.74) is 3.66. The summed E-state index contributed by atoms with van der Waals surface area (Å²) in [4.78, 5) is 27.5. The largest absolute Gasteiger partial charge is 0.493 e. The minimum absolute atomic E-state index is 0.200. The van der Waals surface area contributed by atoms with Gasteiger partial charge in [-0.15, -0.1) is 0 Å². The van der Waals surface area contributed by atoms with E-state index >= 15 is 0 Å². The number of piperidine rings is 1. The second kappa shape index (κ2) is 10.0. The summed E-state index contributed by atoms with van der Waals surface area (Å²) in [5.74, 6) is 2.25. The Balaban J connectivity index is 1.34. The first-order valence-electron chi connectivity index (χ1n) is 12.1. The molecule has 0 spiro atoms. The van der Waals surface area contributed by atoms with Gasteiger partial charge in [-0.2, -0.15) is 4.98 Å². The molecule has 1 aromatic carbocycles. The molecule has 0 saturated carbocycles. The molecule has 1 amide bonds. The molecule has 1 aliphatic heterocycles. The molecule has 4 rings (SSSR count). The first kappa shape index (κ1) is 25.2. The lowest BCUT2D eigenvalue weighted by Crippen LogP contribution is -2.41. The Bertz CT molecular complexity index is 1230. The highest BCUT2D eigenvalue weighted by Crippen LogP contribution is 2.31. The van der Waals surface area contributed by atoms with E-state index < -0.39 is 5.60 Å². The van der Waals surface area contributed by atoms with E-state index in [1.54, 1.807) is 0 Å². The number of likely N-dealkylation sites (tertiary alicyclic amines) is 1. The molecule has 0 aliphatic carbocycles. The molecule has 0 N–H and O–H groups in total. The summed E-state index contributed by atoms with van der Waals surface area (Å²) in [5, 5.41) is 0.200. The highest BCUT2D eigenvalue weighted by Gasteiger charge is 2.26. The van der Waals surface area contributed by atoms with E-state index in [1.165, 1.54) is 0 Å². The molecule has 0 atom stereocenters. The standard InChI is InChI=1S/C26H34ClN5O3/c1-16-15-19(21-22-23(30-24(27)29-21)31(6)17(2)28-22)7-8-20(16)34-14-11-18-9-12-32(13-10-18)25(33)35-26(3,4)5/h7-8,15,18H,9-14H2,1-6H3. The lowest BCUT2D eigenvalue weighted by molar-refractivity contribution is 0.0177. The van der Waals surface area contributed by atoms with Gasteiger partial charge in [0, 0.05) is 25.7 Å². The number of imidazole rings is 1. The van der Waals surface area contributed by atoms with Gasteiger partial charge in [0.1, 0.15) is 28.4 Å². The van der Waals surface area contributed by atoms with Crippen LogP contribution in [0.4, 0.5) is 4.79 Å². The molecule has 0 radical (unpaired) electrons. The van der Waals surface area contributed by atoms with Gasteiger partial charge in [-0.3, -0.25) is 0 Å². The molecule has 2 aromatic heterocycles. The van der Waals surface area contributed by atoms with Crippen LogP contribution in [0.5, 0.6) is 5.75 Å². The topological polar surface area (TPSA) is 82.4 Å². The fraction of sp³-hybridized carbons (Fsp3) is 0.538. The van der Waals surface area contributed by atoms with Crippen LogP contribution >= 0.6 is 11.6 Å². The Morgan fingerprint density at radius 1 is 1.14 bits per heavy atom.